The van der Waals surface area contributed by atoms with Gasteiger partial charge in [0, 0.05) is 24.5 Å². The molecule has 3 heteroatoms. The molecule has 2 aromatic rings. The third-order valence-corrected chi connectivity index (χ3v) is 2.22. The Morgan fingerprint density at radius 1 is 1.20 bits per heavy atom. The highest BCUT2D eigenvalue weighted by molar-refractivity contribution is 5.35. The molecular weight excluding hydrogens is 191 g/mol. The molecule has 2 rings (SSSR count). The maximum atomic E-state index is 13.6. The van der Waals surface area contributed by atoms with Crippen molar-refractivity contribution in [2.45, 2.75) is 6.54 Å². The summed E-state index contributed by atoms with van der Waals surface area (Å²) in [4.78, 5) is 0. The van der Waals surface area contributed by atoms with Gasteiger partial charge in [0.1, 0.15) is 11.9 Å². The number of nitriles is 1. The quantitative estimate of drug-likeness (QED) is 0.732. The topological polar surface area (TPSA) is 28.7 Å². The largest absolute Gasteiger partial charge is 0.350 e. The molecule has 0 saturated carbocycles. The second-order valence-corrected chi connectivity index (χ2v) is 3.25. The summed E-state index contributed by atoms with van der Waals surface area (Å²) >= 11 is 0. The predicted molar refractivity (Wildman–Crippen MR) is 54.6 cm³/mol. The Balaban J connectivity index is 2.34. The first-order chi connectivity index (χ1) is 7.31. The van der Waals surface area contributed by atoms with Crippen LogP contribution in [0.3, 0.4) is 0 Å². The number of benzene rings is 1. The van der Waals surface area contributed by atoms with Gasteiger partial charge >= 0.3 is 0 Å². The summed E-state index contributed by atoms with van der Waals surface area (Å²) in [5.74, 6) is -0.422. The molecule has 1 heterocycles. The molecular formula is C12H9FN2. The molecule has 74 valence electrons. The minimum atomic E-state index is -0.422. The average molecular weight is 200 g/mol. The van der Waals surface area contributed by atoms with Crippen LogP contribution in [0, 0.1) is 17.1 Å². The zero-order valence-corrected chi connectivity index (χ0v) is 8.02. The minimum Gasteiger partial charge on any atom is -0.350 e. The van der Waals surface area contributed by atoms with Crippen molar-refractivity contribution in [2.75, 3.05) is 0 Å². The van der Waals surface area contributed by atoms with Crippen molar-refractivity contribution in [2.24, 2.45) is 0 Å². The Labute approximate surface area is 87.2 Å². The van der Waals surface area contributed by atoms with Crippen LogP contribution in [0.15, 0.2) is 42.7 Å². The summed E-state index contributed by atoms with van der Waals surface area (Å²) in [7, 11) is 0. The normalized spacial score (nSPS) is 9.87. The van der Waals surface area contributed by atoms with Crippen molar-refractivity contribution in [3.05, 3.63) is 59.7 Å². The molecule has 0 bridgehead atoms. The van der Waals surface area contributed by atoms with Gasteiger partial charge in [0.25, 0.3) is 0 Å². The van der Waals surface area contributed by atoms with E-state index >= 15 is 0 Å². The Morgan fingerprint density at radius 2 is 1.93 bits per heavy atom. The monoisotopic (exact) mass is 200 g/mol. The van der Waals surface area contributed by atoms with Gasteiger partial charge < -0.3 is 4.57 Å². The first-order valence-electron chi connectivity index (χ1n) is 4.59. The van der Waals surface area contributed by atoms with Gasteiger partial charge in [-0.15, -0.1) is 0 Å². The molecule has 0 aliphatic carbocycles. The Hall–Kier alpha value is -2.08. The number of hydrogen-bond acceptors (Lipinski definition) is 1. The zero-order valence-electron chi connectivity index (χ0n) is 8.02. The van der Waals surface area contributed by atoms with Crippen molar-refractivity contribution in [1.29, 1.82) is 5.26 Å². The van der Waals surface area contributed by atoms with Gasteiger partial charge in [-0.25, -0.2) is 4.39 Å². The number of halogens is 1. The number of aromatic nitrogens is 1. The molecule has 0 saturated heterocycles. The third-order valence-electron chi connectivity index (χ3n) is 2.22. The summed E-state index contributed by atoms with van der Waals surface area (Å²) in [6, 6.07) is 10.5. The third kappa shape index (κ3) is 1.89. The predicted octanol–water partition coefficient (Wildman–Crippen LogP) is 2.55. The molecule has 1 aromatic carbocycles. The molecule has 15 heavy (non-hydrogen) atoms. The number of nitrogens with zero attached hydrogens (tertiary/aromatic N) is 2. The lowest BCUT2D eigenvalue weighted by Gasteiger charge is -2.05. The van der Waals surface area contributed by atoms with Gasteiger partial charge in [-0.3, -0.25) is 0 Å². The molecule has 2 nitrogen and oxygen atoms in total. The van der Waals surface area contributed by atoms with Crippen LogP contribution >= 0.6 is 0 Å². The van der Waals surface area contributed by atoms with Crippen LogP contribution in [-0.4, -0.2) is 4.57 Å². The summed E-state index contributed by atoms with van der Waals surface area (Å²) in [5.41, 5.74) is 0.630. The summed E-state index contributed by atoms with van der Waals surface area (Å²) < 4.78 is 15.5. The zero-order chi connectivity index (χ0) is 10.7. The molecule has 0 amide bonds. The van der Waals surface area contributed by atoms with E-state index in [4.69, 9.17) is 5.26 Å². The first-order valence-corrected chi connectivity index (χ1v) is 4.59. The molecule has 0 atom stereocenters. The Morgan fingerprint density at radius 3 is 2.60 bits per heavy atom. The van der Waals surface area contributed by atoms with E-state index in [0.717, 1.165) is 0 Å². The highest BCUT2D eigenvalue weighted by Crippen LogP contribution is 2.13. The molecule has 0 aliphatic heterocycles. The molecule has 0 radical (unpaired) electrons. The molecule has 1 aromatic heterocycles. The summed E-state index contributed by atoms with van der Waals surface area (Å²) in [6.07, 6.45) is 3.72. The smallest absolute Gasteiger partial charge is 0.145 e. The van der Waals surface area contributed by atoms with Crippen molar-refractivity contribution in [3.63, 3.8) is 0 Å². The van der Waals surface area contributed by atoms with Crippen molar-refractivity contribution < 1.29 is 4.39 Å². The second kappa shape index (κ2) is 3.97. The van der Waals surface area contributed by atoms with Gasteiger partial charge in [-0.2, -0.15) is 5.26 Å². The van der Waals surface area contributed by atoms with E-state index in [1.807, 2.05) is 35.2 Å². The molecule has 0 N–H and O–H groups in total. The molecule has 0 fully saturated rings. The van der Waals surface area contributed by atoms with Crippen LogP contribution in [0.2, 0.25) is 0 Å². The van der Waals surface area contributed by atoms with Crippen molar-refractivity contribution >= 4 is 0 Å². The molecule has 0 aliphatic rings. The fourth-order valence-corrected chi connectivity index (χ4v) is 1.46. The maximum Gasteiger partial charge on any atom is 0.145 e. The van der Waals surface area contributed by atoms with E-state index in [0.29, 0.717) is 12.1 Å². The minimum absolute atomic E-state index is 0.0969. The number of rotatable bonds is 2. The van der Waals surface area contributed by atoms with Crippen molar-refractivity contribution in [3.8, 4) is 6.07 Å². The van der Waals surface area contributed by atoms with Gasteiger partial charge in [0.2, 0.25) is 0 Å². The van der Waals surface area contributed by atoms with Crippen LogP contribution < -0.4 is 0 Å². The second-order valence-electron chi connectivity index (χ2n) is 3.25. The van der Waals surface area contributed by atoms with Gasteiger partial charge in [-0.05, 0) is 18.2 Å². The van der Waals surface area contributed by atoms with Gasteiger partial charge in [0.15, 0.2) is 0 Å². The highest BCUT2D eigenvalue weighted by atomic mass is 19.1. The first kappa shape index (κ1) is 9.47. The lowest BCUT2D eigenvalue weighted by Crippen LogP contribution is -2.00. The maximum absolute atomic E-state index is 13.6. The van der Waals surface area contributed by atoms with Crippen LogP contribution in [0.5, 0.6) is 0 Å². The van der Waals surface area contributed by atoms with E-state index in [9.17, 15) is 4.39 Å². The van der Waals surface area contributed by atoms with E-state index < -0.39 is 5.82 Å². The number of hydrogen-bond donors (Lipinski definition) is 0. The van der Waals surface area contributed by atoms with Crippen LogP contribution in [0.25, 0.3) is 0 Å². The van der Waals surface area contributed by atoms with Crippen LogP contribution in [-0.2, 0) is 6.54 Å². The lowest BCUT2D eigenvalue weighted by molar-refractivity contribution is 0.596. The summed E-state index contributed by atoms with van der Waals surface area (Å²) in [5, 5.41) is 8.67. The van der Waals surface area contributed by atoms with Gasteiger partial charge in [-0.1, -0.05) is 12.1 Å². The van der Waals surface area contributed by atoms with E-state index in [2.05, 4.69) is 0 Å². The van der Waals surface area contributed by atoms with Gasteiger partial charge in [0.05, 0.1) is 5.56 Å². The standard InChI is InChI=1S/C12H9FN2/c13-12-10(8-14)4-3-5-11(12)9-15-6-1-2-7-15/h1-7H,9H2. The van der Waals surface area contributed by atoms with Crippen LogP contribution in [0.1, 0.15) is 11.1 Å². The summed E-state index contributed by atoms with van der Waals surface area (Å²) in [6.45, 7) is 0.453. The Bertz CT molecular complexity index is 495. The molecule has 0 unspecified atom stereocenters. The van der Waals surface area contributed by atoms with E-state index in [1.165, 1.54) is 6.07 Å². The van der Waals surface area contributed by atoms with E-state index in [1.54, 1.807) is 12.1 Å². The lowest BCUT2D eigenvalue weighted by atomic mass is 10.1. The van der Waals surface area contributed by atoms with Crippen LogP contribution in [0.4, 0.5) is 4.39 Å². The fraction of sp³-hybridized carbons (Fsp3) is 0.0833. The van der Waals surface area contributed by atoms with E-state index in [-0.39, 0.29) is 5.56 Å². The Kier molecular flexibility index (Phi) is 2.51. The average Bonchev–Trinajstić information content (AvgIpc) is 2.74. The van der Waals surface area contributed by atoms with Crippen molar-refractivity contribution in [1.82, 2.24) is 4.57 Å². The SMILES string of the molecule is N#Cc1cccc(Cn2cccc2)c1F. The molecule has 0 spiro atoms. The highest BCUT2D eigenvalue weighted by Gasteiger charge is 2.06. The fourth-order valence-electron chi connectivity index (χ4n) is 1.46.